The summed E-state index contributed by atoms with van der Waals surface area (Å²) in [5, 5.41) is 13.7. The Morgan fingerprint density at radius 2 is 1.90 bits per heavy atom. The Kier molecular flexibility index (Phi) is 3.50. The number of benzene rings is 2. The van der Waals surface area contributed by atoms with Crippen LogP contribution in [0.3, 0.4) is 0 Å². The lowest BCUT2D eigenvalue weighted by Crippen LogP contribution is -2.01. The Bertz CT molecular complexity index is 797. The molecule has 0 saturated carbocycles. The van der Waals surface area contributed by atoms with Gasteiger partial charge in [-0.15, -0.1) is 0 Å². The van der Waals surface area contributed by atoms with Crippen LogP contribution in [0, 0.1) is 11.3 Å². The Labute approximate surface area is 123 Å². The van der Waals surface area contributed by atoms with Crippen molar-refractivity contribution >= 4 is 0 Å². The van der Waals surface area contributed by atoms with Crippen molar-refractivity contribution in [3.05, 3.63) is 72.1 Å². The van der Waals surface area contributed by atoms with Gasteiger partial charge >= 0.3 is 0 Å². The summed E-state index contributed by atoms with van der Waals surface area (Å²) in [7, 11) is 0. The molecule has 0 fully saturated rings. The van der Waals surface area contributed by atoms with Gasteiger partial charge in [-0.3, -0.25) is 0 Å². The number of aromatic nitrogens is 2. The highest BCUT2D eigenvalue weighted by molar-refractivity contribution is 5.62. The molecule has 3 aromatic rings. The topological polar surface area (TPSA) is 67.6 Å². The summed E-state index contributed by atoms with van der Waals surface area (Å²) in [6, 6.07) is 17.8. The zero-order valence-electron chi connectivity index (χ0n) is 11.4. The van der Waals surface area contributed by atoms with Crippen LogP contribution in [0.2, 0.25) is 0 Å². The average molecular weight is 274 g/mol. The molecule has 0 aliphatic carbocycles. The minimum atomic E-state index is 0.420. The molecule has 3 rings (SSSR count). The number of nitriles is 1. The first-order chi connectivity index (χ1) is 10.3. The van der Waals surface area contributed by atoms with Crippen molar-refractivity contribution in [3.8, 4) is 22.9 Å². The summed E-state index contributed by atoms with van der Waals surface area (Å²) in [5.41, 5.74) is 9.99. The summed E-state index contributed by atoms with van der Waals surface area (Å²) in [5.74, 6) is 0. The molecule has 0 aliphatic rings. The molecule has 0 amide bonds. The largest absolute Gasteiger partial charge is 0.326 e. The Balaban J connectivity index is 2.03. The summed E-state index contributed by atoms with van der Waals surface area (Å²) in [6.07, 6.45) is 3.72. The molecule has 1 heterocycles. The predicted octanol–water partition coefficient (Wildman–Crippen LogP) is 2.87. The van der Waals surface area contributed by atoms with Gasteiger partial charge in [-0.2, -0.15) is 10.4 Å². The SMILES string of the molecule is N#Cc1cc(CN)ccc1-n1cc(-c2ccccc2)cn1. The first-order valence-electron chi connectivity index (χ1n) is 6.65. The summed E-state index contributed by atoms with van der Waals surface area (Å²) in [4.78, 5) is 0. The minimum Gasteiger partial charge on any atom is -0.326 e. The number of rotatable bonds is 3. The van der Waals surface area contributed by atoms with E-state index in [1.165, 1.54) is 0 Å². The Hall–Kier alpha value is -2.90. The monoisotopic (exact) mass is 274 g/mol. The molecule has 0 bridgehead atoms. The highest BCUT2D eigenvalue weighted by Gasteiger charge is 2.08. The second-order valence-corrected chi connectivity index (χ2v) is 4.71. The van der Waals surface area contributed by atoms with Crippen molar-refractivity contribution < 1.29 is 0 Å². The van der Waals surface area contributed by atoms with Crippen LogP contribution in [0.5, 0.6) is 0 Å². The van der Waals surface area contributed by atoms with E-state index in [1.54, 1.807) is 16.9 Å². The van der Waals surface area contributed by atoms with Gasteiger partial charge in [0.05, 0.1) is 17.4 Å². The lowest BCUT2D eigenvalue weighted by molar-refractivity contribution is 0.875. The fourth-order valence-corrected chi connectivity index (χ4v) is 2.23. The molecule has 0 saturated heterocycles. The quantitative estimate of drug-likeness (QED) is 0.798. The van der Waals surface area contributed by atoms with Crippen molar-refractivity contribution in [1.82, 2.24) is 9.78 Å². The van der Waals surface area contributed by atoms with E-state index in [2.05, 4.69) is 11.2 Å². The third kappa shape index (κ3) is 2.55. The summed E-state index contributed by atoms with van der Waals surface area (Å²) < 4.78 is 1.72. The first-order valence-corrected chi connectivity index (χ1v) is 6.65. The van der Waals surface area contributed by atoms with E-state index < -0.39 is 0 Å². The molecule has 4 heteroatoms. The molecule has 21 heavy (non-hydrogen) atoms. The summed E-state index contributed by atoms with van der Waals surface area (Å²) >= 11 is 0. The van der Waals surface area contributed by atoms with Crippen molar-refractivity contribution in [1.29, 1.82) is 5.26 Å². The molecule has 0 unspecified atom stereocenters. The third-order valence-corrected chi connectivity index (χ3v) is 3.35. The van der Waals surface area contributed by atoms with Gasteiger partial charge in [0.15, 0.2) is 0 Å². The first kappa shape index (κ1) is 13.1. The molecule has 1 aromatic heterocycles. The van der Waals surface area contributed by atoms with Crippen LogP contribution < -0.4 is 5.73 Å². The van der Waals surface area contributed by atoms with Crippen LogP contribution in [0.15, 0.2) is 60.9 Å². The molecule has 0 spiro atoms. The highest BCUT2D eigenvalue weighted by Crippen LogP contribution is 2.21. The molecular weight excluding hydrogens is 260 g/mol. The van der Waals surface area contributed by atoms with Gasteiger partial charge in [-0.1, -0.05) is 36.4 Å². The van der Waals surface area contributed by atoms with Crippen molar-refractivity contribution in [2.45, 2.75) is 6.54 Å². The maximum absolute atomic E-state index is 9.29. The van der Waals surface area contributed by atoms with Crippen LogP contribution in [-0.4, -0.2) is 9.78 Å². The van der Waals surface area contributed by atoms with Crippen LogP contribution in [0.25, 0.3) is 16.8 Å². The van der Waals surface area contributed by atoms with E-state index >= 15 is 0 Å². The van der Waals surface area contributed by atoms with E-state index in [0.29, 0.717) is 12.1 Å². The fraction of sp³-hybridized carbons (Fsp3) is 0.0588. The van der Waals surface area contributed by atoms with E-state index in [0.717, 1.165) is 22.4 Å². The van der Waals surface area contributed by atoms with Crippen LogP contribution >= 0.6 is 0 Å². The average Bonchev–Trinajstić information content (AvgIpc) is 3.04. The van der Waals surface area contributed by atoms with Crippen LogP contribution in [0.4, 0.5) is 0 Å². The molecule has 2 N–H and O–H groups in total. The fourth-order valence-electron chi connectivity index (χ4n) is 2.23. The zero-order chi connectivity index (χ0) is 14.7. The second kappa shape index (κ2) is 5.61. The standard InChI is InChI=1S/C17H14N4/c18-9-13-6-7-17(15(8-13)10-19)21-12-16(11-20-21)14-4-2-1-3-5-14/h1-8,11-12H,9,18H2. The van der Waals surface area contributed by atoms with Gasteiger partial charge in [0.2, 0.25) is 0 Å². The minimum absolute atomic E-state index is 0.420. The molecule has 4 nitrogen and oxygen atoms in total. The van der Waals surface area contributed by atoms with Gasteiger partial charge in [0, 0.05) is 18.3 Å². The molecule has 0 radical (unpaired) electrons. The third-order valence-electron chi connectivity index (χ3n) is 3.35. The molecule has 2 aromatic carbocycles. The maximum Gasteiger partial charge on any atom is 0.101 e. The van der Waals surface area contributed by atoms with E-state index in [-0.39, 0.29) is 0 Å². The van der Waals surface area contributed by atoms with Crippen molar-refractivity contribution in [2.75, 3.05) is 0 Å². The lowest BCUT2D eigenvalue weighted by Gasteiger charge is -2.05. The van der Waals surface area contributed by atoms with E-state index in [1.807, 2.05) is 48.7 Å². The van der Waals surface area contributed by atoms with Gasteiger partial charge < -0.3 is 5.73 Å². The highest BCUT2D eigenvalue weighted by atomic mass is 15.3. The normalized spacial score (nSPS) is 10.3. The molecule has 0 aliphatic heterocycles. The van der Waals surface area contributed by atoms with Crippen molar-refractivity contribution in [3.63, 3.8) is 0 Å². The second-order valence-electron chi connectivity index (χ2n) is 4.71. The summed E-state index contributed by atoms with van der Waals surface area (Å²) in [6.45, 7) is 0.420. The number of hydrogen-bond donors (Lipinski definition) is 1. The van der Waals surface area contributed by atoms with Crippen LogP contribution in [-0.2, 0) is 6.54 Å². The number of nitrogens with two attached hydrogens (primary N) is 1. The van der Waals surface area contributed by atoms with Crippen LogP contribution in [0.1, 0.15) is 11.1 Å². The molecule has 102 valence electrons. The Morgan fingerprint density at radius 1 is 1.10 bits per heavy atom. The van der Waals surface area contributed by atoms with Gasteiger partial charge in [0.1, 0.15) is 6.07 Å². The zero-order valence-corrected chi connectivity index (χ0v) is 11.4. The molecule has 0 atom stereocenters. The van der Waals surface area contributed by atoms with E-state index in [4.69, 9.17) is 5.73 Å². The lowest BCUT2D eigenvalue weighted by atomic mass is 10.1. The Morgan fingerprint density at radius 3 is 2.62 bits per heavy atom. The number of hydrogen-bond acceptors (Lipinski definition) is 3. The van der Waals surface area contributed by atoms with Crippen molar-refractivity contribution in [2.24, 2.45) is 5.73 Å². The smallest absolute Gasteiger partial charge is 0.101 e. The van der Waals surface area contributed by atoms with E-state index in [9.17, 15) is 5.26 Å². The van der Waals surface area contributed by atoms with Gasteiger partial charge in [-0.05, 0) is 23.3 Å². The predicted molar refractivity (Wildman–Crippen MR) is 81.6 cm³/mol. The van der Waals surface area contributed by atoms with Gasteiger partial charge in [0.25, 0.3) is 0 Å². The maximum atomic E-state index is 9.29. The van der Waals surface area contributed by atoms with Gasteiger partial charge in [-0.25, -0.2) is 4.68 Å². The number of nitrogens with zero attached hydrogens (tertiary/aromatic N) is 3. The molecular formula is C17H14N4.